The third kappa shape index (κ3) is 25.8. The molecule has 6 rings (SSSR count). The summed E-state index contributed by atoms with van der Waals surface area (Å²) in [6.07, 6.45) is -0.706. The van der Waals surface area contributed by atoms with Crippen molar-refractivity contribution in [2.45, 2.75) is 106 Å². The van der Waals surface area contributed by atoms with Gasteiger partial charge in [-0.15, -0.1) is 0 Å². The molecule has 568 valence electrons. The molecule has 1 saturated heterocycles. The first-order valence-electron chi connectivity index (χ1n) is 33.4. The summed E-state index contributed by atoms with van der Waals surface area (Å²) in [5.74, 6) is -7.28. The largest absolute Gasteiger partial charge is 0.508 e. The second kappa shape index (κ2) is 43.2. The average molecular weight is 1480 g/mol. The SMILES string of the molecule is CC[C@H](C)C1NC(=O)CNC(=O)[C@@H]2Cc3c([nH]c4c(CSCCOCCOCCOCCOCCOCCOCCOCCN/C=C(/CN5C(=O)C=CC5=O)NN)c(O)ccc34)S(=O)C[C@H](NC(=O)CNC1=O)C(=O)NC(CC(N)=O)C(=O)N1C[C@H](O)C[C@H]1C(=O)NC(C(C)[C@@H](O)CO)C(=O)N2. The summed E-state index contributed by atoms with van der Waals surface area (Å²) in [5, 5.41) is 63.7. The monoisotopic (exact) mass is 1480 g/mol. The van der Waals surface area contributed by atoms with Crippen LogP contribution < -0.4 is 59.5 Å². The Bertz CT molecular complexity index is 3270. The number of aromatic hydroxyl groups is 1. The van der Waals surface area contributed by atoms with E-state index in [4.69, 9.17) is 44.7 Å². The van der Waals surface area contributed by atoms with Crippen LogP contribution in [0.2, 0.25) is 0 Å². The molecule has 1 fully saturated rings. The van der Waals surface area contributed by atoms with E-state index < -0.39 is 187 Å². The molecule has 1 aromatic heterocycles. The van der Waals surface area contributed by atoms with Crippen LogP contribution in [0.25, 0.3) is 10.9 Å². The first-order valence-corrected chi connectivity index (χ1v) is 35.8. The minimum Gasteiger partial charge on any atom is -0.508 e. The summed E-state index contributed by atoms with van der Waals surface area (Å²) in [6, 6.07) is -7.51. The van der Waals surface area contributed by atoms with Gasteiger partial charge in [-0.3, -0.25) is 67.7 Å². The van der Waals surface area contributed by atoms with E-state index in [9.17, 15) is 73.2 Å². The van der Waals surface area contributed by atoms with E-state index in [2.05, 4.69) is 52.9 Å². The fourth-order valence-corrected chi connectivity index (χ4v) is 13.2. The van der Waals surface area contributed by atoms with Gasteiger partial charge in [0.25, 0.3) is 11.8 Å². The van der Waals surface area contributed by atoms with Crippen molar-refractivity contribution in [3.63, 3.8) is 0 Å². The smallest absolute Gasteiger partial charge is 0.253 e. The lowest BCUT2D eigenvalue weighted by Gasteiger charge is -2.32. The van der Waals surface area contributed by atoms with Crippen LogP contribution in [0.3, 0.4) is 0 Å². The molecule has 5 heterocycles. The lowest BCUT2D eigenvalue weighted by molar-refractivity contribution is -0.144. The zero-order valence-electron chi connectivity index (χ0n) is 57.2. The van der Waals surface area contributed by atoms with Gasteiger partial charge in [-0.25, -0.2) is 0 Å². The number of phenolic OH excluding ortho intramolecular Hbond substituents is 1. The number of aromatic nitrogens is 1. The van der Waals surface area contributed by atoms with Crippen LogP contribution in [0.4, 0.5) is 0 Å². The number of phenols is 1. The number of aromatic amines is 1. The average Bonchev–Trinajstić information content (AvgIpc) is 1.61. The van der Waals surface area contributed by atoms with Gasteiger partial charge in [-0.05, 0) is 23.6 Å². The maximum absolute atomic E-state index is 15.2. The number of aliphatic hydroxyl groups is 3. The number of imide groups is 1. The highest BCUT2D eigenvalue weighted by atomic mass is 32.2. The summed E-state index contributed by atoms with van der Waals surface area (Å²) in [7, 11) is -2.49. The predicted molar refractivity (Wildman–Crippen MR) is 363 cm³/mol. The summed E-state index contributed by atoms with van der Waals surface area (Å²) >= 11 is 1.34. The lowest BCUT2D eigenvalue weighted by Crippen LogP contribution is -2.62. The van der Waals surface area contributed by atoms with Gasteiger partial charge in [0.05, 0.1) is 165 Å². The van der Waals surface area contributed by atoms with Crippen molar-refractivity contribution in [1.29, 1.82) is 0 Å². The number of hydrogen-bond donors (Lipinski definition) is 16. The Hall–Kier alpha value is -7.93. The third-order valence-electron chi connectivity index (χ3n) is 16.7. The number of rotatable bonds is 37. The fraction of sp³-hybridized carbons (Fsp3) is 0.635. The number of aliphatic hydroxyl groups excluding tert-OH is 3. The van der Waals surface area contributed by atoms with E-state index in [1.165, 1.54) is 43.0 Å². The maximum Gasteiger partial charge on any atom is 0.253 e. The van der Waals surface area contributed by atoms with Gasteiger partial charge >= 0.3 is 0 Å². The van der Waals surface area contributed by atoms with Crippen LogP contribution in [-0.4, -0.2) is 296 Å². The van der Waals surface area contributed by atoms with E-state index in [-0.39, 0.29) is 64.9 Å². The summed E-state index contributed by atoms with van der Waals surface area (Å²) < 4.78 is 54.3. The van der Waals surface area contributed by atoms with E-state index >= 15 is 4.21 Å². The van der Waals surface area contributed by atoms with Crippen molar-refractivity contribution < 1.29 is 111 Å². The number of H-pyrrole nitrogens is 1. The molecule has 2 bridgehead atoms. The van der Waals surface area contributed by atoms with Crippen molar-refractivity contribution >= 4 is 98.4 Å². The highest BCUT2D eigenvalue weighted by Crippen LogP contribution is 2.36. The number of nitrogens with two attached hydrogens (primary N) is 2. The van der Waals surface area contributed by atoms with Crippen molar-refractivity contribution in [2.75, 3.05) is 143 Å². The van der Waals surface area contributed by atoms with Crippen molar-refractivity contribution in [1.82, 2.24) is 62.7 Å². The van der Waals surface area contributed by atoms with E-state index in [1.807, 2.05) is 0 Å². The highest BCUT2D eigenvalue weighted by molar-refractivity contribution is 7.98. The van der Waals surface area contributed by atoms with Gasteiger partial charge < -0.3 is 117 Å². The maximum atomic E-state index is 15.2. The molecule has 1 aromatic carbocycles. The van der Waals surface area contributed by atoms with Crippen molar-refractivity contribution in [3.8, 4) is 5.75 Å². The van der Waals surface area contributed by atoms with Crippen LogP contribution in [0.15, 0.2) is 41.2 Å². The molecule has 37 nitrogen and oxygen atoms in total. The molecule has 102 heavy (non-hydrogen) atoms. The van der Waals surface area contributed by atoms with Gasteiger partial charge in [0.1, 0.15) is 47.0 Å². The number of ether oxygens (including phenoxy) is 7. The van der Waals surface area contributed by atoms with Crippen LogP contribution in [-0.2, 0) is 109 Å². The molecule has 4 aliphatic rings. The second-order valence-electron chi connectivity index (χ2n) is 24.1. The molecule has 0 spiro atoms. The van der Waals surface area contributed by atoms with Crippen LogP contribution >= 0.6 is 11.8 Å². The number of primary amides is 1. The number of nitrogens with zero attached hydrogens (tertiary/aromatic N) is 2. The number of nitrogens with one attached hydrogen (secondary N) is 10. The van der Waals surface area contributed by atoms with Gasteiger partial charge in [0.2, 0.25) is 53.2 Å². The number of hydrazine groups is 1. The Morgan fingerprint density at radius 2 is 1.31 bits per heavy atom. The third-order valence-corrected chi connectivity index (χ3v) is 19.1. The predicted octanol–water partition coefficient (Wildman–Crippen LogP) is -6.75. The molecule has 0 aliphatic carbocycles. The molecular weight excluding hydrogens is 1380 g/mol. The molecule has 5 unspecified atom stereocenters. The minimum absolute atomic E-state index is 0.00922. The Balaban J connectivity index is 1.06. The van der Waals surface area contributed by atoms with E-state index in [0.717, 1.165) is 9.80 Å². The molecule has 0 radical (unpaired) electrons. The molecule has 11 amide bonds. The molecule has 4 aliphatic heterocycles. The topological polar surface area (TPSA) is 533 Å². The zero-order valence-corrected chi connectivity index (χ0v) is 58.8. The Labute approximate surface area is 594 Å². The Morgan fingerprint density at radius 1 is 0.735 bits per heavy atom. The molecule has 2 aromatic rings. The molecular formula is C63H96N14O23S2. The number of fused-ring (bicyclic) bond motifs is 5. The Morgan fingerprint density at radius 3 is 1.89 bits per heavy atom. The number of carbonyl (C=O) groups is 11. The number of benzene rings is 1. The number of thioether (sulfide) groups is 1. The minimum atomic E-state index is -2.49. The quantitative estimate of drug-likeness (QED) is 0.0129. The lowest BCUT2D eigenvalue weighted by atomic mass is 9.93. The van der Waals surface area contributed by atoms with Gasteiger partial charge in [-0.1, -0.05) is 27.2 Å². The zero-order chi connectivity index (χ0) is 74.3. The van der Waals surface area contributed by atoms with Crippen LogP contribution in [0.1, 0.15) is 51.2 Å². The van der Waals surface area contributed by atoms with Gasteiger partial charge in [0, 0.05) is 72.7 Å². The van der Waals surface area contributed by atoms with E-state index in [1.54, 1.807) is 20.0 Å². The fourth-order valence-electron chi connectivity index (χ4n) is 10.9. The number of hydrogen-bond acceptors (Lipinski definition) is 27. The van der Waals surface area contributed by atoms with Crippen LogP contribution in [0, 0.1) is 11.8 Å². The second-order valence-corrected chi connectivity index (χ2v) is 26.6. The molecule has 39 heteroatoms. The summed E-state index contributed by atoms with van der Waals surface area (Å²) in [6.45, 7) is 6.66. The first kappa shape index (κ1) is 83.0. The first-order chi connectivity index (χ1) is 49.0. The van der Waals surface area contributed by atoms with Crippen molar-refractivity contribution in [3.05, 3.63) is 47.3 Å². The molecule has 11 atom stereocenters. The standard InChI is InChI=1S/C63H96N14O23S2/c1-4-36(2)54-60(90)68-29-50(83)69-45-35-102(93)62-41(26-43(57(87)67-30-51(84)72-54)70-61(91)55(37(3)48(81)33-78)73-59(89)46-25-39(79)32-76(46)63(92)44(27-49(64)82)71-58(45)88)40-5-6-47(80)42(56(40)74-62)34-101-24-23-100-22-21-99-20-19-98-18-17-97-16-15-96-14-13-95-12-11-94-10-9-66-28-38(75-65)31-77-52(85)7-8-53(77)86/h5-8,28,36-37,39,43-46,48,54-55,66,74-75,78-81H,4,9-27,29-35,65H2,1-3H3,(H2,64,82)(H,67,87)(H,68,90)(H,69,83)(H,70,91)(H,71,88)(H,72,84)(H,73,89)/b38-28-/t36-,37?,39+,43-,44?,45-,46-,48-,54?,55?,102?/m0/s1. The summed E-state index contributed by atoms with van der Waals surface area (Å²) in [5.41, 5.74) is 8.99. The van der Waals surface area contributed by atoms with Crippen molar-refractivity contribution in [2.24, 2.45) is 23.4 Å². The number of carbonyl (C=O) groups excluding carboxylic acids is 11. The molecule has 18 N–H and O–H groups in total. The Kier molecular flexibility index (Phi) is 35.2. The highest BCUT2D eigenvalue weighted by Gasteiger charge is 2.45. The van der Waals surface area contributed by atoms with Crippen LogP contribution in [0.5, 0.6) is 5.75 Å². The van der Waals surface area contributed by atoms with Gasteiger partial charge in [0.15, 0.2) is 0 Å². The summed E-state index contributed by atoms with van der Waals surface area (Å²) in [4.78, 5) is 155. The molecule has 0 saturated carbocycles. The van der Waals surface area contributed by atoms with E-state index in [0.29, 0.717) is 97.1 Å². The van der Waals surface area contributed by atoms with Gasteiger partial charge in [-0.2, -0.15) is 11.8 Å². The number of amides is 11. The normalized spacial score (nSPS) is 23.1.